The zero-order chi connectivity index (χ0) is 18.7. The molecule has 26 heavy (non-hydrogen) atoms. The van der Waals surface area contributed by atoms with Crippen molar-refractivity contribution in [3.63, 3.8) is 0 Å². The molecule has 0 spiro atoms. The third kappa shape index (κ3) is 4.27. The van der Waals surface area contributed by atoms with E-state index in [0.29, 0.717) is 24.6 Å². The molecule has 2 fully saturated rings. The molecule has 0 bridgehead atoms. The van der Waals surface area contributed by atoms with Crippen LogP contribution in [0.1, 0.15) is 43.0 Å². The van der Waals surface area contributed by atoms with Gasteiger partial charge in [0.15, 0.2) is 0 Å². The Kier molecular flexibility index (Phi) is 5.99. The summed E-state index contributed by atoms with van der Waals surface area (Å²) in [7, 11) is -1.57. The molecule has 1 aromatic carbocycles. The van der Waals surface area contributed by atoms with Crippen molar-refractivity contribution in [3.8, 4) is 0 Å². The molecule has 3 rings (SSSR count). The third-order valence-electron chi connectivity index (χ3n) is 5.62. The molecule has 7 heteroatoms. The number of hydrogen-bond acceptors (Lipinski definition) is 4. The molecule has 1 saturated heterocycles. The van der Waals surface area contributed by atoms with Gasteiger partial charge in [-0.2, -0.15) is 4.31 Å². The molecule has 1 aliphatic heterocycles. The standard InChI is InChI=1S/C19H29N3O3S/c1-15-6-3-4-9-18(15)20-19(23)16-7-5-8-17(14-16)26(24,25)22-12-10-21(2)11-13-22/h5,7-8,14-15,18H,3-4,6,9-13H2,1-2H3,(H,20,23)/t15-,18+/m0/s1. The highest BCUT2D eigenvalue weighted by Crippen LogP contribution is 2.24. The fourth-order valence-corrected chi connectivity index (χ4v) is 5.23. The summed E-state index contributed by atoms with van der Waals surface area (Å²) in [5, 5.41) is 3.09. The van der Waals surface area contributed by atoms with Crippen LogP contribution in [0.2, 0.25) is 0 Å². The van der Waals surface area contributed by atoms with E-state index in [4.69, 9.17) is 0 Å². The van der Waals surface area contributed by atoms with Crippen LogP contribution in [0.25, 0.3) is 0 Å². The minimum Gasteiger partial charge on any atom is -0.349 e. The highest BCUT2D eigenvalue weighted by atomic mass is 32.2. The number of carbonyl (C=O) groups excluding carboxylic acids is 1. The summed E-state index contributed by atoms with van der Waals surface area (Å²) in [6.45, 7) is 4.57. The summed E-state index contributed by atoms with van der Waals surface area (Å²) < 4.78 is 27.3. The first-order valence-corrected chi connectivity index (χ1v) is 10.9. The highest BCUT2D eigenvalue weighted by Gasteiger charge is 2.28. The molecule has 2 aliphatic rings. The van der Waals surface area contributed by atoms with Gasteiger partial charge in [0.1, 0.15) is 0 Å². The molecule has 1 N–H and O–H groups in total. The van der Waals surface area contributed by atoms with Crippen molar-refractivity contribution < 1.29 is 13.2 Å². The van der Waals surface area contributed by atoms with Crippen molar-refractivity contribution in [2.45, 2.75) is 43.5 Å². The Hall–Kier alpha value is -1.44. The van der Waals surface area contributed by atoms with Crippen LogP contribution in [0.5, 0.6) is 0 Å². The Balaban J connectivity index is 1.74. The van der Waals surface area contributed by atoms with Crippen molar-refractivity contribution in [1.29, 1.82) is 0 Å². The maximum atomic E-state index is 12.9. The molecule has 2 atom stereocenters. The summed E-state index contributed by atoms with van der Waals surface area (Å²) >= 11 is 0. The second-order valence-electron chi connectivity index (χ2n) is 7.58. The fraction of sp³-hybridized carbons (Fsp3) is 0.632. The van der Waals surface area contributed by atoms with Crippen LogP contribution in [-0.2, 0) is 10.0 Å². The molecule has 0 radical (unpaired) electrons. The second kappa shape index (κ2) is 8.06. The number of likely N-dealkylation sites (N-methyl/N-ethyl adjacent to an activating group) is 1. The predicted molar refractivity (Wildman–Crippen MR) is 102 cm³/mol. The van der Waals surface area contributed by atoms with Crippen LogP contribution in [0.4, 0.5) is 0 Å². The van der Waals surface area contributed by atoms with Crippen molar-refractivity contribution in [2.75, 3.05) is 33.2 Å². The number of rotatable bonds is 4. The van der Waals surface area contributed by atoms with Gasteiger partial charge in [0.2, 0.25) is 10.0 Å². The Labute approximate surface area is 156 Å². The molecule has 1 aromatic rings. The van der Waals surface area contributed by atoms with Crippen molar-refractivity contribution in [1.82, 2.24) is 14.5 Å². The molecule has 1 aliphatic carbocycles. The maximum absolute atomic E-state index is 12.9. The fourth-order valence-electron chi connectivity index (χ4n) is 3.76. The number of nitrogens with one attached hydrogen (secondary N) is 1. The summed E-state index contributed by atoms with van der Waals surface area (Å²) in [6, 6.07) is 6.60. The Morgan fingerprint density at radius 1 is 1.12 bits per heavy atom. The van der Waals surface area contributed by atoms with Gasteiger partial charge in [0.05, 0.1) is 4.90 Å². The summed E-state index contributed by atoms with van der Waals surface area (Å²) in [5.74, 6) is 0.282. The Morgan fingerprint density at radius 3 is 2.50 bits per heavy atom. The average molecular weight is 380 g/mol. The minimum atomic E-state index is -3.56. The molecule has 144 valence electrons. The van der Waals surface area contributed by atoms with E-state index in [0.717, 1.165) is 32.4 Å². The molecular weight excluding hydrogens is 350 g/mol. The number of piperazine rings is 1. The van der Waals surface area contributed by atoms with E-state index in [1.807, 2.05) is 7.05 Å². The molecule has 6 nitrogen and oxygen atoms in total. The third-order valence-corrected chi connectivity index (χ3v) is 7.52. The number of hydrogen-bond donors (Lipinski definition) is 1. The van der Waals surface area contributed by atoms with Gasteiger partial charge < -0.3 is 10.2 Å². The number of nitrogens with zero attached hydrogens (tertiary/aromatic N) is 2. The van der Waals surface area contributed by atoms with Crippen LogP contribution in [0.15, 0.2) is 29.2 Å². The van der Waals surface area contributed by atoms with E-state index < -0.39 is 10.0 Å². The lowest BCUT2D eigenvalue weighted by Gasteiger charge is -2.31. The molecular formula is C19H29N3O3S. The van der Waals surface area contributed by atoms with E-state index in [1.54, 1.807) is 18.2 Å². The minimum absolute atomic E-state index is 0.175. The summed E-state index contributed by atoms with van der Waals surface area (Å²) in [4.78, 5) is 14.9. The zero-order valence-corrected chi connectivity index (χ0v) is 16.5. The quantitative estimate of drug-likeness (QED) is 0.868. The first-order chi connectivity index (χ1) is 12.4. The largest absolute Gasteiger partial charge is 0.349 e. The normalized spacial score (nSPS) is 25.8. The number of amides is 1. The lowest BCUT2D eigenvalue weighted by atomic mass is 9.86. The molecule has 0 unspecified atom stereocenters. The highest BCUT2D eigenvalue weighted by molar-refractivity contribution is 7.89. The first-order valence-electron chi connectivity index (χ1n) is 9.47. The number of benzene rings is 1. The second-order valence-corrected chi connectivity index (χ2v) is 9.51. The van der Waals surface area contributed by atoms with E-state index in [-0.39, 0.29) is 16.8 Å². The van der Waals surface area contributed by atoms with Crippen molar-refractivity contribution >= 4 is 15.9 Å². The lowest BCUT2D eigenvalue weighted by molar-refractivity contribution is 0.0910. The van der Waals surface area contributed by atoms with Gasteiger partial charge in [-0.15, -0.1) is 0 Å². The van der Waals surface area contributed by atoms with Gasteiger partial charge in [0, 0.05) is 37.8 Å². The van der Waals surface area contributed by atoms with Crippen LogP contribution in [0, 0.1) is 5.92 Å². The molecule has 0 aromatic heterocycles. The topological polar surface area (TPSA) is 69.7 Å². The van der Waals surface area contributed by atoms with E-state index >= 15 is 0 Å². The van der Waals surface area contributed by atoms with E-state index in [2.05, 4.69) is 17.1 Å². The lowest BCUT2D eigenvalue weighted by Crippen LogP contribution is -2.47. The average Bonchev–Trinajstić information content (AvgIpc) is 2.64. The molecule has 1 amide bonds. The van der Waals surface area contributed by atoms with Crippen LogP contribution in [-0.4, -0.2) is 62.8 Å². The summed E-state index contributed by atoms with van der Waals surface area (Å²) in [6.07, 6.45) is 4.47. The van der Waals surface area contributed by atoms with Gasteiger partial charge in [-0.05, 0) is 44.0 Å². The monoisotopic (exact) mass is 379 g/mol. The molecule has 1 saturated carbocycles. The smallest absolute Gasteiger partial charge is 0.251 e. The number of carbonyl (C=O) groups is 1. The van der Waals surface area contributed by atoms with Crippen LogP contribution in [0.3, 0.4) is 0 Å². The first kappa shape index (κ1) is 19.3. The van der Waals surface area contributed by atoms with Gasteiger partial charge in [-0.3, -0.25) is 4.79 Å². The summed E-state index contributed by atoms with van der Waals surface area (Å²) in [5.41, 5.74) is 0.415. The number of sulfonamides is 1. The van der Waals surface area contributed by atoms with Gasteiger partial charge in [-0.1, -0.05) is 25.8 Å². The van der Waals surface area contributed by atoms with Crippen LogP contribution >= 0.6 is 0 Å². The van der Waals surface area contributed by atoms with Gasteiger partial charge >= 0.3 is 0 Å². The van der Waals surface area contributed by atoms with Crippen molar-refractivity contribution in [2.24, 2.45) is 5.92 Å². The van der Waals surface area contributed by atoms with Crippen LogP contribution < -0.4 is 5.32 Å². The Bertz CT molecular complexity index is 742. The van der Waals surface area contributed by atoms with Gasteiger partial charge in [-0.25, -0.2) is 8.42 Å². The SMILES string of the molecule is C[C@H]1CCCC[C@H]1NC(=O)c1cccc(S(=O)(=O)N2CCN(C)CC2)c1. The predicted octanol–water partition coefficient (Wildman–Crippen LogP) is 1.93. The zero-order valence-electron chi connectivity index (χ0n) is 15.6. The maximum Gasteiger partial charge on any atom is 0.251 e. The van der Waals surface area contributed by atoms with Crippen molar-refractivity contribution in [3.05, 3.63) is 29.8 Å². The van der Waals surface area contributed by atoms with Gasteiger partial charge in [0.25, 0.3) is 5.91 Å². The Morgan fingerprint density at radius 2 is 1.81 bits per heavy atom. The van der Waals surface area contributed by atoms with E-state index in [9.17, 15) is 13.2 Å². The van der Waals surface area contributed by atoms with E-state index in [1.165, 1.54) is 16.8 Å². The molecule has 1 heterocycles.